The van der Waals surface area contributed by atoms with Crippen molar-refractivity contribution in [3.63, 3.8) is 0 Å². The van der Waals surface area contributed by atoms with Crippen LogP contribution in [0, 0.1) is 5.92 Å². The number of alkyl halides is 1. The first-order valence-corrected chi connectivity index (χ1v) is 5.91. The molecule has 1 aliphatic carbocycles. The maximum Gasteiger partial charge on any atom is 0.319 e. The topological polar surface area (TPSA) is 38.3 Å². The Balaban J connectivity index is 2.00. The first kappa shape index (κ1) is 11.2. The van der Waals surface area contributed by atoms with Gasteiger partial charge in [0.15, 0.2) is 0 Å². The average Bonchev–Trinajstić information content (AvgIpc) is 2.07. The van der Waals surface area contributed by atoms with Crippen LogP contribution >= 0.6 is 22.6 Å². The Hall–Kier alpha value is 0.160. The molecule has 1 aliphatic rings. The highest BCUT2D eigenvalue weighted by molar-refractivity contribution is 14.1. The highest BCUT2D eigenvalue weighted by atomic mass is 127. The lowest BCUT2D eigenvalue weighted by atomic mass is 9.85. The van der Waals surface area contributed by atoms with Gasteiger partial charge >= 0.3 is 5.97 Å². The molecule has 1 unspecified atom stereocenters. The summed E-state index contributed by atoms with van der Waals surface area (Å²) in [5, 5.41) is 3.29. The van der Waals surface area contributed by atoms with Crippen LogP contribution in [0.4, 0.5) is 0 Å². The number of ether oxygens (including phenoxy) is 1. The lowest BCUT2D eigenvalue weighted by molar-refractivity contribution is -0.139. The van der Waals surface area contributed by atoms with Gasteiger partial charge in [0.25, 0.3) is 0 Å². The van der Waals surface area contributed by atoms with Gasteiger partial charge in [-0.15, -0.1) is 0 Å². The Morgan fingerprint density at radius 2 is 2.38 bits per heavy atom. The highest BCUT2D eigenvalue weighted by Crippen LogP contribution is 2.25. The summed E-state index contributed by atoms with van der Waals surface area (Å²) in [7, 11) is 1.43. The molecule has 1 fully saturated rings. The lowest BCUT2D eigenvalue weighted by Crippen LogP contribution is -2.34. The third-order valence-corrected chi connectivity index (χ3v) is 3.39. The van der Waals surface area contributed by atoms with E-state index in [-0.39, 0.29) is 9.89 Å². The molecule has 0 amide bonds. The van der Waals surface area contributed by atoms with E-state index >= 15 is 0 Å². The zero-order valence-electron chi connectivity index (χ0n) is 7.88. The summed E-state index contributed by atoms with van der Waals surface area (Å²) in [5.41, 5.74) is 0. The monoisotopic (exact) mass is 297 g/mol. The van der Waals surface area contributed by atoms with Gasteiger partial charge in [0.1, 0.15) is 3.92 Å². The number of esters is 1. The zero-order chi connectivity index (χ0) is 9.68. The molecule has 76 valence electrons. The minimum Gasteiger partial charge on any atom is -0.468 e. The van der Waals surface area contributed by atoms with Crippen LogP contribution in [0.5, 0.6) is 0 Å². The molecule has 0 saturated heterocycles. The van der Waals surface area contributed by atoms with Crippen LogP contribution in [-0.2, 0) is 9.53 Å². The van der Waals surface area contributed by atoms with Gasteiger partial charge in [-0.1, -0.05) is 29.0 Å². The molecule has 0 aromatic heterocycles. The number of halogens is 1. The van der Waals surface area contributed by atoms with Crippen LogP contribution in [0.3, 0.4) is 0 Å². The lowest BCUT2D eigenvalue weighted by Gasteiger charge is -2.25. The van der Waals surface area contributed by atoms with Gasteiger partial charge in [0.2, 0.25) is 0 Å². The average molecular weight is 297 g/mol. The third kappa shape index (κ3) is 3.81. The normalized spacial score (nSPS) is 19.2. The van der Waals surface area contributed by atoms with Gasteiger partial charge in [0, 0.05) is 6.54 Å². The van der Waals surface area contributed by atoms with Gasteiger partial charge in [-0.25, -0.2) is 0 Å². The number of rotatable bonds is 5. The molecule has 13 heavy (non-hydrogen) atoms. The van der Waals surface area contributed by atoms with Crippen molar-refractivity contribution in [3.8, 4) is 0 Å². The molecule has 0 spiro atoms. The molecule has 0 aromatic carbocycles. The molecule has 4 heteroatoms. The Morgan fingerprint density at radius 1 is 1.69 bits per heavy atom. The van der Waals surface area contributed by atoms with E-state index in [0.717, 1.165) is 19.0 Å². The van der Waals surface area contributed by atoms with Crippen LogP contribution < -0.4 is 5.32 Å². The van der Waals surface area contributed by atoms with Crippen molar-refractivity contribution in [2.24, 2.45) is 5.92 Å². The first-order chi connectivity index (χ1) is 6.24. The maximum absolute atomic E-state index is 11.0. The van der Waals surface area contributed by atoms with E-state index in [4.69, 9.17) is 0 Å². The molecule has 1 saturated carbocycles. The minimum absolute atomic E-state index is 0.0531. The predicted octanol–water partition coefficient (Wildman–Crippen LogP) is 1.35. The molecule has 3 nitrogen and oxygen atoms in total. The van der Waals surface area contributed by atoms with Gasteiger partial charge in [-0.05, 0) is 25.3 Å². The van der Waals surface area contributed by atoms with Crippen LogP contribution in [0.25, 0.3) is 0 Å². The maximum atomic E-state index is 11.0. The third-order valence-electron chi connectivity index (χ3n) is 2.44. The minimum atomic E-state index is -0.137. The van der Waals surface area contributed by atoms with Crippen molar-refractivity contribution >= 4 is 28.6 Å². The van der Waals surface area contributed by atoms with E-state index in [1.807, 2.05) is 0 Å². The second kappa shape index (κ2) is 5.80. The fraction of sp³-hybridized carbons (Fsp3) is 0.889. The van der Waals surface area contributed by atoms with Gasteiger partial charge < -0.3 is 10.1 Å². The van der Waals surface area contributed by atoms with Crippen LogP contribution in [0.15, 0.2) is 0 Å². The van der Waals surface area contributed by atoms with Crippen molar-refractivity contribution < 1.29 is 9.53 Å². The SMILES string of the molecule is COC(=O)C(I)CNCC1CCC1. The molecular weight excluding hydrogens is 281 g/mol. The van der Waals surface area contributed by atoms with Crippen molar-refractivity contribution in [2.45, 2.75) is 23.2 Å². The fourth-order valence-electron chi connectivity index (χ4n) is 1.32. The summed E-state index contributed by atoms with van der Waals surface area (Å²) in [5.74, 6) is 0.711. The zero-order valence-corrected chi connectivity index (χ0v) is 10.0. The number of carbonyl (C=O) groups is 1. The van der Waals surface area contributed by atoms with E-state index in [1.165, 1.54) is 26.4 Å². The Morgan fingerprint density at radius 3 is 2.85 bits per heavy atom. The van der Waals surface area contributed by atoms with E-state index in [1.54, 1.807) is 0 Å². The highest BCUT2D eigenvalue weighted by Gasteiger charge is 2.18. The van der Waals surface area contributed by atoms with Crippen molar-refractivity contribution in [1.29, 1.82) is 0 Å². The molecule has 1 N–H and O–H groups in total. The van der Waals surface area contributed by atoms with Crippen LogP contribution in [-0.4, -0.2) is 30.1 Å². The molecule has 0 aromatic rings. The summed E-state index contributed by atoms with van der Waals surface area (Å²) in [4.78, 5) is 11.0. The van der Waals surface area contributed by atoms with Gasteiger partial charge in [0.05, 0.1) is 7.11 Å². The summed E-state index contributed by atoms with van der Waals surface area (Å²) < 4.78 is 4.57. The van der Waals surface area contributed by atoms with Crippen LogP contribution in [0.2, 0.25) is 0 Å². The smallest absolute Gasteiger partial charge is 0.319 e. The first-order valence-electron chi connectivity index (χ1n) is 4.66. The summed E-state index contributed by atoms with van der Waals surface area (Å²) in [6.45, 7) is 1.78. The molecule has 0 radical (unpaired) electrons. The number of hydrogen-bond donors (Lipinski definition) is 1. The Labute approximate surface area is 92.7 Å². The van der Waals surface area contributed by atoms with E-state index in [2.05, 4.69) is 32.6 Å². The molecule has 0 bridgehead atoms. The van der Waals surface area contributed by atoms with Crippen molar-refractivity contribution in [3.05, 3.63) is 0 Å². The predicted molar refractivity (Wildman–Crippen MR) is 60.0 cm³/mol. The largest absolute Gasteiger partial charge is 0.468 e. The van der Waals surface area contributed by atoms with E-state index in [9.17, 15) is 4.79 Å². The van der Waals surface area contributed by atoms with E-state index in [0.29, 0.717) is 0 Å². The van der Waals surface area contributed by atoms with Gasteiger partial charge in [-0.2, -0.15) is 0 Å². The second-order valence-electron chi connectivity index (χ2n) is 3.45. The van der Waals surface area contributed by atoms with Gasteiger partial charge in [-0.3, -0.25) is 4.79 Å². The number of carbonyl (C=O) groups excluding carboxylic acids is 1. The van der Waals surface area contributed by atoms with E-state index < -0.39 is 0 Å². The summed E-state index contributed by atoms with van der Waals surface area (Å²) >= 11 is 2.11. The van der Waals surface area contributed by atoms with Crippen LogP contribution in [0.1, 0.15) is 19.3 Å². The number of methoxy groups -OCH3 is 1. The molecule has 0 aliphatic heterocycles. The van der Waals surface area contributed by atoms with Crippen molar-refractivity contribution in [2.75, 3.05) is 20.2 Å². The molecule has 0 heterocycles. The quantitative estimate of drug-likeness (QED) is 0.473. The Kier molecular flexibility index (Phi) is 5.01. The molecule has 1 rings (SSSR count). The van der Waals surface area contributed by atoms with Crippen molar-refractivity contribution in [1.82, 2.24) is 5.32 Å². The second-order valence-corrected chi connectivity index (χ2v) is 4.95. The standard InChI is InChI=1S/C9H16INO2/c1-13-9(12)8(10)6-11-5-7-3-2-4-7/h7-8,11H,2-6H2,1H3. The fourth-order valence-corrected chi connectivity index (χ4v) is 1.89. The molecular formula is C9H16INO2. The summed E-state index contributed by atoms with van der Waals surface area (Å²) in [6.07, 6.45) is 4.06. The summed E-state index contributed by atoms with van der Waals surface area (Å²) in [6, 6.07) is 0. The Bertz CT molecular complexity index is 171. The number of nitrogens with one attached hydrogen (secondary N) is 1. The number of hydrogen-bond acceptors (Lipinski definition) is 3. The molecule has 1 atom stereocenters.